The average molecular weight is 313 g/mol. The standard InChI is InChI=1S/C13H23N5O2S/c1-9(19)8-17(3)12(20)10-11(14)15-13(21-10)18-6-4-16(2)5-7-18/h9,19H,4-8,14H2,1-3H3. The smallest absolute Gasteiger partial charge is 0.267 e. The highest BCUT2D eigenvalue weighted by Crippen LogP contribution is 2.29. The summed E-state index contributed by atoms with van der Waals surface area (Å²) in [5.74, 6) is 0.0858. The zero-order chi connectivity index (χ0) is 15.6. The first kappa shape index (κ1) is 16.0. The number of aliphatic hydroxyl groups is 1. The van der Waals surface area contributed by atoms with Crippen molar-refractivity contribution < 1.29 is 9.90 Å². The average Bonchev–Trinajstić information content (AvgIpc) is 2.80. The third kappa shape index (κ3) is 3.84. The molecule has 1 atom stereocenters. The van der Waals surface area contributed by atoms with Crippen LogP contribution in [-0.4, -0.2) is 78.7 Å². The minimum Gasteiger partial charge on any atom is -0.392 e. The second kappa shape index (κ2) is 6.59. The number of amides is 1. The summed E-state index contributed by atoms with van der Waals surface area (Å²) in [6, 6.07) is 0. The van der Waals surface area contributed by atoms with Crippen molar-refractivity contribution in [1.29, 1.82) is 0 Å². The van der Waals surface area contributed by atoms with Crippen LogP contribution in [0.3, 0.4) is 0 Å². The Kier molecular flexibility index (Phi) is 5.02. The number of hydrogen-bond acceptors (Lipinski definition) is 7. The van der Waals surface area contributed by atoms with Gasteiger partial charge >= 0.3 is 0 Å². The van der Waals surface area contributed by atoms with E-state index >= 15 is 0 Å². The molecule has 0 aliphatic carbocycles. The Labute approximate surface area is 129 Å². The summed E-state index contributed by atoms with van der Waals surface area (Å²) in [4.78, 5) is 23.0. The first-order chi connectivity index (χ1) is 9.88. The molecule has 2 heterocycles. The maximum absolute atomic E-state index is 12.3. The molecule has 1 aliphatic rings. The second-order valence-corrected chi connectivity index (χ2v) is 6.51. The van der Waals surface area contributed by atoms with Crippen LogP contribution in [0.5, 0.6) is 0 Å². The number of aromatic nitrogens is 1. The van der Waals surface area contributed by atoms with Crippen LogP contribution in [-0.2, 0) is 0 Å². The first-order valence-corrected chi connectivity index (χ1v) is 7.83. The van der Waals surface area contributed by atoms with Crippen molar-refractivity contribution in [3.63, 3.8) is 0 Å². The molecule has 0 spiro atoms. The predicted molar refractivity (Wildman–Crippen MR) is 84.9 cm³/mol. The summed E-state index contributed by atoms with van der Waals surface area (Å²) >= 11 is 1.33. The summed E-state index contributed by atoms with van der Waals surface area (Å²) < 4.78 is 0. The zero-order valence-corrected chi connectivity index (χ0v) is 13.6. The number of aliphatic hydroxyl groups excluding tert-OH is 1. The molecule has 1 aliphatic heterocycles. The largest absolute Gasteiger partial charge is 0.392 e. The molecule has 7 nitrogen and oxygen atoms in total. The molecule has 1 unspecified atom stereocenters. The van der Waals surface area contributed by atoms with E-state index < -0.39 is 6.10 Å². The van der Waals surface area contributed by atoms with Crippen molar-refractivity contribution in [1.82, 2.24) is 14.8 Å². The molecule has 0 bridgehead atoms. The van der Waals surface area contributed by atoms with E-state index in [9.17, 15) is 9.90 Å². The van der Waals surface area contributed by atoms with Crippen LogP contribution in [0.4, 0.5) is 10.9 Å². The van der Waals surface area contributed by atoms with Crippen LogP contribution in [0.1, 0.15) is 16.6 Å². The minimum absolute atomic E-state index is 0.189. The highest BCUT2D eigenvalue weighted by atomic mass is 32.1. The Bertz CT molecular complexity index is 497. The number of nitrogen functional groups attached to an aromatic ring is 1. The van der Waals surface area contributed by atoms with Crippen LogP contribution >= 0.6 is 11.3 Å². The van der Waals surface area contributed by atoms with Gasteiger partial charge in [-0.25, -0.2) is 4.98 Å². The molecule has 3 N–H and O–H groups in total. The van der Waals surface area contributed by atoms with Crippen LogP contribution in [0.25, 0.3) is 0 Å². The summed E-state index contributed by atoms with van der Waals surface area (Å²) in [7, 11) is 3.75. The van der Waals surface area contributed by atoms with Crippen molar-refractivity contribution in [3.05, 3.63) is 4.88 Å². The van der Waals surface area contributed by atoms with E-state index in [-0.39, 0.29) is 18.3 Å². The number of anilines is 2. The Hall–Kier alpha value is -1.38. The van der Waals surface area contributed by atoms with Crippen molar-refractivity contribution in [2.24, 2.45) is 0 Å². The highest BCUT2D eigenvalue weighted by molar-refractivity contribution is 7.18. The number of likely N-dealkylation sites (N-methyl/N-ethyl adjacent to an activating group) is 2. The molecular weight excluding hydrogens is 290 g/mol. The fourth-order valence-electron chi connectivity index (χ4n) is 2.26. The third-order valence-electron chi connectivity index (χ3n) is 3.49. The fraction of sp³-hybridized carbons (Fsp3) is 0.692. The van der Waals surface area contributed by atoms with E-state index in [1.54, 1.807) is 14.0 Å². The van der Waals surface area contributed by atoms with Gasteiger partial charge in [0, 0.05) is 39.8 Å². The van der Waals surface area contributed by atoms with E-state index in [2.05, 4.69) is 21.8 Å². The van der Waals surface area contributed by atoms with Gasteiger partial charge in [-0.2, -0.15) is 0 Å². The van der Waals surface area contributed by atoms with E-state index in [0.717, 1.165) is 31.3 Å². The van der Waals surface area contributed by atoms with Gasteiger partial charge in [0.15, 0.2) is 5.13 Å². The molecule has 1 fully saturated rings. The van der Waals surface area contributed by atoms with Gasteiger partial charge in [0.25, 0.3) is 5.91 Å². The summed E-state index contributed by atoms with van der Waals surface area (Å²) in [6.07, 6.45) is -0.565. The molecule has 8 heteroatoms. The number of hydrogen-bond donors (Lipinski definition) is 2. The number of thiazole rings is 1. The topological polar surface area (TPSA) is 85.9 Å². The van der Waals surface area contributed by atoms with Gasteiger partial charge in [0.2, 0.25) is 0 Å². The predicted octanol–water partition coefficient (Wildman–Crippen LogP) is -0.0701. The van der Waals surface area contributed by atoms with Crippen molar-refractivity contribution in [3.8, 4) is 0 Å². The van der Waals surface area contributed by atoms with Gasteiger partial charge in [-0.1, -0.05) is 11.3 Å². The number of nitrogens with zero attached hydrogens (tertiary/aromatic N) is 4. The molecule has 2 rings (SSSR count). The van der Waals surface area contributed by atoms with Crippen LogP contribution < -0.4 is 10.6 Å². The van der Waals surface area contributed by atoms with Crippen LogP contribution in [0, 0.1) is 0 Å². The second-order valence-electron chi connectivity index (χ2n) is 5.54. The number of nitrogens with two attached hydrogens (primary N) is 1. The summed E-state index contributed by atoms with van der Waals surface area (Å²) in [5.41, 5.74) is 5.90. The van der Waals surface area contributed by atoms with E-state index in [1.807, 2.05) is 0 Å². The van der Waals surface area contributed by atoms with Crippen LogP contribution in [0.15, 0.2) is 0 Å². The third-order valence-corrected chi connectivity index (χ3v) is 4.61. The normalized spacial score (nSPS) is 17.8. The summed E-state index contributed by atoms with van der Waals surface area (Å²) in [5, 5.41) is 10.2. The number of rotatable bonds is 4. The van der Waals surface area contributed by atoms with E-state index in [0.29, 0.717) is 4.88 Å². The summed E-state index contributed by atoms with van der Waals surface area (Å²) in [6.45, 7) is 5.66. The Morgan fingerprint density at radius 2 is 2.10 bits per heavy atom. The molecule has 0 radical (unpaired) electrons. The zero-order valence-electron chi connectivity index (χ0n) is 12.7. The lowest BCUT2D eigenvalue weighted by Gasteiger charge is -2.32. The molecule has 118 valence electrons. The monoisotopic (exact) mass is 313 g/mol. The van der Waals surface area contributed by atoms with Gasteiger partial charge < -0.3 is 25.5 Å². The maximum Gasteiger partial charge on any atom is 0.267 e. The highest BCUT2D eigenvalue weighted by Gasteiger charge is 2.24. The number of carbonyl (C=O) groups excluding carboxylic acids is 1. The van der Waals surface area contributed by atoms with E-state index in [1.165, 1.54) is 16.2 Å². The van der Waals surface area contributed by atoms with Gasteiger partial charge in [-0.3, -0.25) is 4.79 Å². The fourth-order valence-corrected chi connectivity index (χ4v) is 3.29. The number of carbonyl (C=O) groups is 1. The van der Waals surface area contributed by atoms with Gasteiger partial charge in [-0.05, 0) is 14.0 Å². The van der Waals surface area contributed by atoms with Crippen LogP contribution in [0.2, 0.25) is 0 Å². The molecule has 0 aromatic carbocycles. The SMILES string of the molecule is CC(O)CN(C)C(=O)c1sc(N2CCN(C)CC2)nc1N. The Balaban J connectivity index is 2.10. The minimum atomic E-state index is -0.565. The lowest BCUT2D eigenvalue weighted by molar-refractivity contribution is 0.0709. The number of piperazine rings is 1. The molecule has 21 heavy (non-hydrogen) atoms. The lowest BCUT2D eigenvalue weighted by Crippen LogP contribution is -2.44. The Morgan fingerprint density at radius 3 is 2.67 bits per heavy atom. The molecule has 0 saturated carbocycles. The molecular formula is C13H23N5O2S. The van der Waals surface area contributed by atoms with E-state index in [4.69, 9.17) is 5.73 Å². The van der Waals surface area contributed by atoms with Gasteiger partial charge in [0.1, 0.15) is 10.7 Å². The quantitative estimate of drug-likeness (QED) is 0.809. The molecule has 1 aromatic heterocycles. The van der Waals surface area contributed by atoms with Gasteiger partial charge in [-0.15, -0.1) is 0 Å². The van der Waals surface area contributed by atoms with Gasteiger partial charge in [0.05, 0.1) is 6.10 Å². The lowest BCUT2D eigenvalue weighted by atomic mass is 10.3. The van der Waals surface area contributed by atoms with Crippen molar-refractivity contribution in [2.45, 2.75) is 13.0 Å². The van der Waals surface area contributed by atoms with Crippen molar-refractivity contribution >= 4 is 28.2 Å². The molecule has 1 saturated heterocycles. The Morgan fingerprint density at radius 1 is 1.48 bits per heavy atom. The molecule has 1 aromatic rings. The maximum atomic E-state index is 12.3. The molecule has 1 amide bonds. The van der Waals surface area contributed by atoms with Crippen molar-refractivity contribution in [2.75, 3.05) is 57.5 Å². The first-order valence-electron chi connectivity index (χ1n) is 7.01.